The van der Waals surface area contributed by atoms with Gasteiger partial charge in [-0.25, -0.2) is 21.2 Å². The number of hydrogen-bond donors (Lipinski definition) is 2. The Bertz CT molecular complexity index is 1540. The molecular weight excluding hydrogens is 467 g/mol. The van der Waals surface area contributed by atoms with Crippen molar-refractivity contribution in [3.63, 3.8) is 0 Å². The van der Waals surface area contributed by atoms with Crippen molar-refractivity contribution in [2.75, 3.05) is 16.6 Å². The minimum atomic E-state index is -4.07. The van der Waals surface area contributed by atoms with Gasteiger partial charge in [-0.3, -0.25) is 9.44 Å². The minimum absolute atomic E-state index is 0.0144. The molecule has 0 bridgehead atoms. The van der Waals surface area contributed by atoms with Gasteiger partial charge in [0.1, 0.15) is 11.6 Å². The van der Waals surface area contributed by atoms with Crippen molar-refractivity contribution in [2.45, 2.75) is 9.79 Å². The minimum Gasteiger partial charge on any atom is -0.495 e. The van der Waals surface area contributed by atoms with Crippen molar-refractivity contribution in [3.8, 4) is 5.75 Å². The maximum absolute atomic E-state index is 13.2. The van der Waals surface area contributed by atoms with Gasteiger partial charge in [0.15, 0.2) is 0 Å². The quantitative estimate of drug-likeness (QED) is 0.398. The Morgan fingerprint density at radius 1 is 0.697 bits per heavy atom. The molecule has 0 aliphatic carbocycles. The van der Waals surface area contributed by atoms with Crippen molar-refractivity contribution in [3.05, 3.63) is 90.7 Å². The van der Waals surface area contributed by atoms with Crippen LogP contribution < -0.4 is 14.2 Å². The zero-order valence-corrected chi connectivity index (χ0v) is 19.0. The van der Waals surface area contributed by atoms with Gasteiger partial charge >= 0.3 is 0 Å². The van der Waals surface area contributed by atoms with Crippen LogP contribution >= 0.6 is 0 Å². The third kappa shape index (κ3) is 4.91. The number of halogens is 1. The van der Waals surface area contributed by atoms with Crippen LogP contribution in [0.3, 0.4) is 0 Å². The summed E-state index contributed by atoms with van der Waals surface area (Å²) in [6, 6.07) is 20.6. The first-order valence-electron chi connectivity index (χ1n) is 9.66. The Hall–Kier alpha value is -3.63. The van der Waals surface area contributed by atoms with Gasteiger partial charge in [0.25, 0.3) is 20.0 Å². The molecule has 4 aromatic carbocycles. The van der Waals surface area contributed by atoms with Crippen LogP contribution in [0.5, 0.6) is 5.75 Å². The first kappa shape index (κ1) is 22.6. The van der Waals surface area contributed by atoms with E-state index >= 15 is 0 Å². The molecule has 2 N–H and O–H groups in total. The normalized spacial score (nSPS) is 11.8. The summed E-state index contributed by atoms with van der Waals surface area (Å²) in [5.74, 6) is -0.397. The molecule has 4 aromatic rings. The molecule has 33 heavy (non-hydrogen) atoms. The number of benzene rings is 4. The second kappa shape index (κ2) is 8.72. The lowest BCUT2D eigenvalue weighted by molar-refractivity contribution is 0.417. The lowest BCUT2D eigenvalue weighted by Crippen LogP contribution is -2.15. The molecule has 0 spiro atoms. The largest absolute Gasteiger partial charge is 0.495 e. The summed E-state index contributed by atoms with van der Waals surface area (Å²) in [5, 5.41) is 1.67. The maximum atomic E-state index is 13.2. The van der Waals surface area contributed by atoms with Crippen LogP contribution in [0.4, 0.5) is 15.8 Å². The van der Waals surface area contributed by atoms with Crippen LogP contribution in [0.25, 0.3) is 10.8 Å². The molecule has 170 valence electrons. The predicted octanol–water partition coefficient (Wildman–Crippen LogP) is 4.59. The van der Waals surface area contributed by atoms with Crippen LogP contribution in [-0.4, -0.2) is 23.9 Å². The van der Waals surface area contributed by atoms with Crippen LogP contribution in [-0.2, 0) is 20.0 Å². The number of fused-ring (bicyclic) bond motifs is 1. The third-order valence-corrected chi connectivity index (χ3v) is 7.61. The standard InChI is InChI=1S/C23H19FN2O5S2/c1-31-23-13-9-19(15-22(23)26-32(27,28)20-11-7-18(24)8-12-20)25-33(29,30)21-10-6-16-4-2-3-5-17(16)14-21/h2-15,25-26H,1H3. The number of anilines is 2. The van der Waals surface area contributed by atoms with E-state index in [-0.39, 0.29) is 26.9 Å². The summed E-state index contributed by atoms with van der Waals surface area (Å²) < 4.78 is 74.4. The molecule has 0 unspecified atom stereocenters. The molecule has 0 heterocycles. The van der Waals surface area contributed by atoms with Crippen molar-refractivity contribution in [1.29, 1.82) is 0 Å². The highest BCUT2D eigenvalue weighted by atomic mass is 32.2. The van der Waals surface area contributed by atoms with E-state index in [1.807, 2.05) is 24.3 Å². The van der Waals surface area contributed by atoms with E-state index in [0.717, 1.165) is 35.0 Å². The van der Waals surface area contributed by atoms with E-state index in [4.69, 9.17) is 4.74 Å². The van der Waals surface area contributed by atoms with Gasteiger partial charge in [0.2, 0.25) is 0 Å². The number of hydrogen-bond acceptors (Lipinski definition) is 5. The summed E-state index contributed by atoms with van der Waals surface area (Å²) in [6.45, 7) is 0. The lowest BCUT2D eigenvalue weighted by Gasteiger charge is -2.15. The smallest absolute Gasteiger partial charge is 0.262 e. The van der Waals surface area contributed by atoms with E-state index in [2.05, 4.69) is 9.44 Å². The molecule has 0 radical (unpaired) electrons. The zero-order valence-electron chi connectivity index (χ0n) is 17.3. The molecule has 0 aromatic heterocycles. The fraction of sp³-hybridized carbons (Fsp3) is 0.0435. The molecule has 7 nitrogen and oxygen atoms in total. The van der Waals surface area contributed by atoms with Gasteiger partial charge in [0, 0.05) is 0 Å². The molecule has 0 aliphatic rings. The van der Waals surface area contributed by atoms with Crippen molar-refractivity contribution < 1.29 is 26.0 Å². The van der Waals surface area contributed by atoms with E-state index < -0.39 is 25.9 Å². The van der Waals surface area contributed by atoms with Crippen molar-refractivity contribution in [2.24, 2.45) is 0 Å². The molecular formula is C23H19FN2O5S2. The molecule has 0 saturated heterocycles. The number of methoxy groups -OCH3 is 1. The van der Waals surface area contributed by atoms with Gasteiger partial charge < -0.3 is 4.74 Å². The van der Waals surface area contributed by atoms with Gasteiger partial charge in [-0.1, -0.05) is 30.3 Å². The highest BCUT2D eigenvalue weighted by Crippen LogP contribution is 2.31. The third-order valence-electron chi connectivity index (χ3n) is 4.85. The fourth-order valence-corrected chi connectivity index (χ4v) is 5.36. The fourth-order valence-electron chi connectivity index (χ4n) is 3.22. The summed E-state index contributed by atoms with van der Waals surface area (Å²) in [7, 11) is -6.67. The van der Waals surface area contributed by atoms with Crippen molar-refractivity contribution in [1.82, 2.24) is 0 Å². The molecule has 10 heteroatoms. The number of nitrogens with one attached hydrogen (secondary N) is 2. The Morgan fingerprint density at radius 3 is 2.03 bits per heavy atom. The summed E-state index contributed by atoms with van der Waals surface area (Å²) >= 11 is 0. The molecule has 0 saturated carbocycles. The van der Waals surface area contributed by atoms with E-state index in [0.29, 0.717) is 0 Å². The molecule has 4 rings (SSSR count). The number of rotatable bonds is 7. The van der Waals surface area contributed by atoms with Crippen LogP contribution in [0.15, 0.2) is 94.7 Å². The average Bonchev–Trinajstić information content (AvgIpc) is 2.79. The first-order chi connectivity index (χ1) is 15.7. The van der Waals surface area contributed by atoms with Crippen LogP contribution in [0, 0.1) is 5.82 Å². The molecule has 0 fully saturated rings. The Kier molecular flexibility index (Phi) is 5.96. The van der Waals surface area contributed by atoms with Crippen molar-refractivity contribution >= 4 is 42.2 Å². The predicted molar refractivity (Wildman–Crippen MR) is 125 cm³/mol. The van der Waals surface area contributed by atoms with Crippen LogP contribution in [0.1, 0.15) is 0 Å². The molecule has 0 atom stereocenters. The van der Waals surface area contributed by atoms with Gasteiger partial charge in [0.05, 0.1) is 28.3 Å². The number of ether oxygens (including phenoxy) is 1. The maximum Gasteiger partial charge on any atom is 0.262 e. The first-order valence-corrected chi connectivity index (χ1v) is 12.6. The van der Waals surface area contributed by atoms with Gasteiger partial charge in [-0.05, 0) is 65.4 Å². The summed E-state index contributed by atoms with van der Waals surface area (Å²) in [4.78, 5) is -0.0986. The Morgan fingerprint density at radius 2 is 1.33 bits per heavy atom. The Labute approximate surface area is 190 Å². The Balaban J connectivity index is 1.65. The highest BCUT2D eigenvalue weighted by Gasteiger charge is 2.19. The van der Waals surface area contributed by atoms with E-state index in [9.17, 15) is 21.2 Å². The van der Waals surface area contributed by atoms with E-state index in [1.165, 1.54) is 31.4 Å². The number of sulfonamides is 2. The van der Waals surface area contributed by atoms with E-state index in [1.54, 1.807) is 12.1 Å². The molecule has 0 amide bonds. The molecule has 0 aliphatic heterocycles. The summed E-state index contributed by atoms with van der Waals surface area (Å²) in [6.07, 6.45) is 0. The second-order valence-corrected chi connectivity index (χ2v) is 10.5. The monoisotopic (exact) mass is 486 g/mol. The SMILES string of the molecule is COc1ccc(NS(=O)(=O)c2ccc3ccccc3c2)cc1NS(=O)(=O)c1ccc(F)cc1. The lowest BCUT2D eigenvalue weighted by atomic mass is 10.1. The van der Waals surface area contributed by atoms with Crippen LogP contribution in [0.2, 0.25) is 0 Å². The van der Waals surface area contributed by atoms with Gasteiger partial charge in [-0.2, -0.15) is 0 Å². The zero-order chi connectivity index (χ0) is 23.6. The second-order valence-electron chi connectivity index (χ2n) is 7.09. The average molecular weight is 487 g/mol. The topological polar surface area (TPSA) is 102 Å². The highest BCUT2D eigenvalue weighted by molar-refractivity contribution is 7.93. The van der Waals surface area contributed by atoms with Gasteiger partial charge in [-0.15, -0.1) is 0 Å². The summed E-state index contributed by atoms with van der Waals surface area (Å²) in [5.41, 5.74) is 0.140.